The van der Waals surface area contributed by atoms with Gasteiger partial charge >= 0.3 is 0 Å². The zero-order valence-electron chi connectivity index (χ0n) is 7.74. The van der Waals surface area contributed by atoms with Crippen molar-refractivity contribution in [1.82, 2.24) is 20.2 Å². The summed E-state index contributed by atoms with van der Waals surface area (Å²) in [6, 6.07) is 3.24. The first-order valence-corrected chi connectivity index (χ1v) is 4.40. The smallest absolute Gasteiger partial charge is 0.248 e. The molecule has 5 heteroatoms. The molecule has 0 aliphatic carbocycles. The maximum Gasteiger partial charge on any atom is 0.248 e. The molecule has 0 atom stereocenters. The molecule has 0 unspecified atom stereocenters. The van der Waals surface area contributed by atoms with Crippen LogP contribution < -0.4 is 5.56 Å². The number of nitrogens with one attached hydrogen (secondary N) is 2. The SMILES string of the molecule is CCc1nc(-c2cc[nH]c(=O)c2)n[nH]1. The number of H-pyrrole nitrogens is 2. The number of aromatic amines is 2. The van der Waals surface area contributed by atoms with Gasteiger partial charge in [-0.25, -0.2) is 4.98 Å². The molecule has 0 radical (unpaired) electrons. The van der Waals surface area contributed by atoms with Crippen LogP contribution in [0.2, 0.25) is 0 Å². The number of aromatic nitrogens is 4. The highest BCUT2D eigenvalue weighted by atomic mass is 16.1. The third kappa shape index (κ3) is 1.56. The molecule has 72 valence electrons. The van der Waals surface area contributed by atoms with Crippen molar-refractivity contribution in [2.45, 2.75) is 13.3 Å². The highest BCUT2D eigenvalue weighted by molar-refractivity contribution is 5.52. The van der Waals surface area contributed by atoms with Gasteiger partial charge in [-0.2, -0.15) is 5.10 Å². The molecule has 14 heavy (non-hydrogen) atoms. The molecular weight excluding hydrogens is 180 g/mol. The Hall–Kier alpha value is -1.91. The average Bonchev–Trinajstić information content (AvgIpc) is 2.66. The van der Waals surface area contributed by atoms with E-state index in [-0.39, 0.29) is 5.56 Å². The summed E-state index contributed by atoms with van der Waals surface area (Å²) in [6.45, 7) is 1.99. The Labute approximate surface area is 80.2 Å². The van der Waals surface area contributed by atoms with E-state index in [1.807, 2.05) is 6.92 Å². The van der Waals surface area contributed by atoms with Crippen molar-refractivity contribution >= 4 is 0 Å². The van der Waals surface area contributed by atoms with Crippen LogP contribution in [-0.2, 0) is 6.42 Å². The molecule has 0 aromatic carbocycles. The summed E-state index contributed by atoms with van der Waals surface area (Å²) < 4.78 is 0. The number of hydrogen-bond acceptors (Lipinski definition) is 3. The lowest BCUT2D eigenvalue weighted by atomic mass is 10.2. The van der Waals surface area contributed by atoms with Crippen LogP contribution in [0.25, 0.3) is 11.4 Å². The van der Waals surface area contributed by atoms with Crippen molar-refractivity contribution in [2.75, 3.05) is 0 Å². The minimum absolute atomic E-state index is 0.148. The number of nitrogens with zero attached hydrogens (tertiary/aromatic N) is 2. The van der Waals surface area contributed by atoms with Crippen molar-refractivity contribution in [3.8, 4) is 11.4 Å². The van der Waals surface area contributed by atoms with Crippen LogP contribution in [0.15, 0.2) is 23.1 Å². The zero-order chi connectivity index (χ0) is 9.97. The third-order valence-electron chi connectivity index (χ3n) is 1.90. The van der Waals surface area contributed by atoms with E-state index in [1.54, 1.807) is 12.3 Å². The van der Waals surface area contributed by atoms with E-state index >= 15 is 0 Å². The fourth-order valence-electron chi connectivity index (χ4n) is 1.17. The summed E-state index contributed by atoms with van der Waals surface area (Å²) in [6.07, 6.45) is 2.38. The first-order valence-electron chi connectivity index (χ1n) is 4.40. The Morgan fingerprint density at radius 1 is 1.50 bits per heavy atom. The molecule has 0 amide bonds. The zero-order valence-corrected chi connectivity index (χ0v) is 7.74. The fraction of sp³-hybridized carbons (Fsp3) is 0.222. The summed E-state index contributed by atoms with van der Waals surface area (Å²) in [4.78, 5) is 17.8. The van der Waals surface area contributed by atoms with Crippen molar-refractivity contribution in [1.29, 1.82) is 0 Å². The van der Waals surface area contributed by atoms with Gasteiger partial charge in [0.25, 0.3) is 0 Å². The van der Waals surface area contributed by atoms with Gasteiger partial charge in [0, 0.05) is 24.2 Å². The molecule has 0 aliphatic heterocycles. The van der Waals surface area contributed by atoms with E-state index in [4.69, 9.17) is 0 Å². The van der Waals surface area contributed by atoms with Gasteiger partial charge in [0.1, 0.15) is 5.82 Å². The highest BCUT2D eigenvalue weighted by Crippen LogP contribution is 2.10. The molecule has 2 aromatic rings. The Balaban J connectivity index is 2.44. The standard InChI is InChI=1S/C9H10N4O/c1-2-7-11-9(13-12-7)6-3-4-10-8(14)5-6/h3-5H,2H2,1H3,(H,10,14)(H,11,12,13). The number of pyridine rings is 1. The maximum atomic E-state index is 11.0. The Morgan fingerprint density at radius 2 is 2.36 bits per heavy atom. The lowest BCUT2D eigenvalue weighted by Crippen LogP contribution is -2.02. The predicted molar refractivity (Wildman–Crippen MR) is 51.8 cm³/mol. The summed E-state index contributed by atoms with van der Waals surface area (Å²) >= 11 is 0. The second kappa shape index (κ2) is 3.45. The molecule has 2 heterocycles. The maximum absolute atomic E-state index is 11.0. The lowest BCUT2D eigenvalue weighted by Gasteiger charge is -1.91. The lowest BCUT2D eigenvalue weighted by molar-refractivity contribution is 0.946. The number of aryl methyl sites for hydroxylation is 1. The van der Waals surface area contributed by atoms with Crippen LogP contribution in [-0.4, -0.2) is 20.2 Å². The molecule has 0 saturated carbocycles. The molecule has 5 nitrogen and oxygen atoms in total. The molecule has 0 saturated heterocycles. The van der Waals surface area contributed by atoms with Crippen LogP contribution in [0, 0.1) is 0 Å². The minimum atomic E-state index is -0.148. The molecule has 2 N–H and O–H groups in total. The van der Waals surface area contributed by atoms with Gasteiger partial charge in [-0.15, -0.1) is 0 Å². The highest BCUT2D eigenvalue weighted by Gasteiger charge is 2.04. The molecule has 0 bridgehead atoms. The van der Waals surface area contributed by atoms with Gasteiger partial charge in [0.05, 0.1) is 0 Å². The van der Waals surface area contributed by atoms with Crippen LogP contribution >= 0.6 is 0 Å². The van der Waals surface area contributed by atoms with E-state index in [1.165, 1.54) is 6.07 Å². The molecule has 2 rings (SSSR count). The van der Waals surface area contributed by atoms with E-state index < -0.39 is 0 Å². The van der Waals surface area contributed by atoms with Gasteiger partial charge in [0.2, 0.25) is 5.56 Å². The van der Waals surface area contributed by atoms with Crippen molar-refractivity contribution < 1.29 is 0 Å². The Kier molecular flexibility index (Phi) is 2.14. The van der Waals surface area contributed by atoms with Crippen molar-refractivity contribution in [3.05, 3.63) is 34.5 Å². The van der Waals surface area contributed by atoms with E-state index in [9.17, 15) is 4.79 Å². The van der Waals surface area contributed by atoms with E-state index in [0.29, 0.717) is 5.82 Å². The van der Waals surface area contributed by atoms with Gasteiger partial charge in [-0.3, -0.25) is 9.89 Å². The molecule has 2 aromatic heterocycles. The average molecular weight is 190 g/mol. The second-order valence-electron chi connectivity index (χ2n) is 2.90. The van der Waals surface area contributed by atoms with Gasteiger partial charge in [0.15, 0.2) is 5.82 Å². The molecular formula is C9H10N4O. The van der Waals surface area contributed by atoms with Crippen LogP contribution in [0.4, 0.5) is 0 Å². The summed E-state index contributed by atoms with van der Waals surface area (Å²) in [5, 5.41) is 6.81. The van der Waals surface area contributed by atoms with Gasteiger partial charge in [-0.05, 0) is 6.07 Å². The summed E-state index contributed by atoms with van der Waals surface area (Å²) in [5.74, 6) is 1.38. The monoisotopic (exact) mass is 190 g/mol. The molecule has 0 spiro atoms. The number of rotatable bonds is 2. The van der Waals surface area contributed by atoms with Gasteiger partial charge < -0.3 is 4.98 Å². The van der Waals surface area contributed by atoms with Crippen LogP contribution in [0.5, 0.6) is 0 Å². The van der Waals surface area contributed by atoms with E-state index in [0.717, 1.165) is 17.8 Å². The summed E-state index contributed by atoms with van der Waals surface area (Å²) in [7, 11) is 0. The van der Waals surface area contributed by atoms with Crippen molar-refractivity contribution in [3.63, 3.8) is 0 Å². The normalized spacial score (nSPS) is 10.4. The summed E-state index contributed by atoms with van der Waals surface area (Å²) in [5.41, 5.74) is 0.579. The van der Waals surface area contributed by atoms with Crippen LogP contribution in [0.3, 0.4) is 0 Å². The van der Waals surface area contributed by atoms with Crippen LogP contribution in [0.1, 0.15) is 12.7 Å². The van der Waals surface area contributed by atoms with E-state index in [2.05, 4.69) is 20.2 Å². The third-order valence-corrected chi connectivity index (χ3v) is 1.90. The number of hydrogen-bond donors (Lipinski definition) is 2. The van der Waals surface area contributed by atoms with Gasteiger partial charge in [-0.1, -0.05) is 6.92 Å². The minimum Gasteiger partial charge on any atom is -0.329 e. The fourth-order valence-corrected chi connectivity index (χ4v) is 1.17. The van der Waals surface area contributed by atoms with Crippen molar-refractivity contribution in [2.24, 2.45) is 0 Å². The molecule has 0 fully saturated rings. The topological polar surface area (TPSA) is 74.4 Å². The Bertz CT molecular complexity index is 485. The first kappa shape index (κ1) is 8.68. The first-order chi connectivity index (χ1) is 6.79. The largest absolute Gasteiger partial charge is 0.329 e. The quantitative estimate of drug-likeness (QED) is 0.732. The second-order valence-corrected chi connectivity index (χ2v) is 2.90. The predicted octanol–water partition coefficient (Wildman–Crippen LogP) is 0.722. The Morgan fingerprint density at radius 3 is 3.00 bits per heavy atom. The molecule has 0 aliphatic rings.